The molecule has 0 spiro atoms. The molecular formula is C15H25NO2. The van der Waals surface area contributed by atoms with Crippen molar-refractivity contribution in [1.82, 2.24) is 0 Å². The maximum atomic E-state index is 5.85. The smallest absolute Gasteiger partial charge is 0.161 e. The molecule has 0 heterocycles. The molecule has 0 aliphatic heterocycles. The zero-order valence-corrected chi connectivity index (χ0v) is 11.9. The van der Waals surface area contributed by atoms with Gasteiger partial charge in [-0.05, 0) is 50.8 Å². The first-order valence-corrected chi connectivity index (χ1v) is 6.73. The Morgan fingerprint density at radius 1 is 1.06 bits per heavy atom. The Balaban J connectivity index is 2.91. The second-order valence-corrected chi connectivity index (χ2v) is 4.69. The van der Waals surface area contributed by atoms with Gasteiger partial charge >= 0.3 is 0 Å². The van der Waals surface area contributed by atoms with Gasteiger partial charge in [0.1, 0.15) is 0 Å². The molecule has 102 valence electrons. The summed E-state index contributed by atoms with van der Waals surface area (Å²) in [5.74, 6) is 2.07. The van der Waals surface area contributed by atoms with Crippen LogP contribution in [0.5, 0.6) is 11.5 Å². The summed E-state index contributed by atoms with van der Waals surface area (Å²) in [6.07, 6.45) is 0.972. The molecule has 2 N–H and O–H groups in total. The average Bonchev–Trinajstić information content (AvgIpc) is 2.31. The summed E-state index contributed by atoms with van der Waals surface area (Å²) in [7, 11) is 0. The Morgan fingerprint density at radius 3 is 2.22 bits per heavy atom. The topological polar surface area (TPSA) is 44.5 Å². The van der Waals surface area contributed by atoms with E-state index in [1.807, 2.05) is 26.8 Å². The zero-order chi connectivity index (χ0) is 13.5. The molecule has 3 nitrogen and oxygen atoms in total. The van der Waals surface area contributed by atoms with Crippen LogP contribution in [0.4, 0.5) is 0 Å². The molecule has 0 bridgehead atoms. The maximum absolute atomic E-state index is 5.85. The fourth-order valence-electron chi connectivity index (χ4n) is 2.07. The van der Waals surface area contributed by atoms with Crippen LogP contribution in [0.2, 0.25) is 0 Å². The van der Waals surface area contributed by atoms with Crippen LogP contribution in [0, 0.1) is 0 Å². The highest BCUT2D eigenvalue weighted by Crippen LogP contribution is 2.32. The van der Waals surface area contributed by atoms with Crippen LogP contribution in [0.15, 0.2) is 18.2 Å². The van der Waals surface area contributed by atoms with Gasteiger partial charge in [-0.1, -0.05) is 13.0 Å². The van der Waals surface area contributed by atoms with Gasteiger partial charge in [-0.3, -0.25) is 0 Å². The van der Waals surface area contributed by atoms with Crippen LogP contribution in [-0.2, 0) is 0 Å². The first-order chi connectivity index (χ1) is 8.58. The molecule has 1 rings (SSSR count). The standard InChI is InChI=1S/C15H25NO2/c1-5-17-14-8-7-13(10-15(14)18-6-2)11(3)9-12(4)16/h7-8,10-12H,5-6,9,16H2,1-4H3. The number of hydrogen-bond acceptors (Lipinski definition) is 3. The second kappa shape index (κ2) is 7.27. The summed E-state index contributed by atoms with van der Waals surface area (Å²) in [5, 5.41) is 0. The van der Waals surface area contributed by atoms with Crippen molar-refractivity contribution in [2.24, 2.45) is 5.73 Å². The fraction of sp³-hybridized carbons (Fsp3) is 0.600. The third-order valence-corrected chi connectivity index (χ3v) is 2.86. The van der Waals surface area contributed by atoms with Gasteiger partial charge in [0.05, 0.1) is 13.2 Å². The molecule has 0 aliphatic carbocycles. The summed E-state index contributed by atoms with van der Waals surface area (Å²) in [6.45, 7) is 9.47. The lowest BCUT2D eigenvalue weighted by Gasteiger charge is -2.17. The van der Waals surface area contributed by atoms with Crippen LogP contribution < -0.4 is 15.2 Å². The molecular weight excluding hydrogens is 226 g/mol. The van der Waals surface area contributed by atoms with Crippen molar-refractivity contribution >= 4 is 0 Å². The molecule has 18 heavy (non-hydrogen) atoms. The van der Waals surface area contributed by atoms with Crippen molar-refractivity contribution in [3.05, 3.63) is 23.8 Å². The van der Waals surface area contributed by atoms with Crippen LogP contribution in [-0.4, -0.2) is 19.3 Å². The molecule has 0 aliphatic rings. The number of benzene rings is 1. The minimum Gasteiger partial charge on any atom is -0.490 e. The van der Waals surface area contributed by atoms with Crippen LogP contribution in [0.1, 0.15) is 45.6 Å². The summed E-state index contributed by atoms with van der Waals surface area (Å²) >= 11 is 0. The van der Waals surface area contributed by atoms with Crippen molar-refractivity contribution in [2.75, 3.05) is 13.2 Å². The molecule has 2 unspecified atom stereocenters. The molecule has 0 aromatic heterocycles. The summed E-state index contributed by atoms with van der Waals surface area (Å²) in [5.41, 5.74) is 7.10. The van der Waals surface area contributed by atoms with Gasteiger partial charge in [-0.2, -0.15) is 0 Å². The van der Waals surface area contributed by atoms with Crippen molar-refractivity contribution < 1.29 is 9.47 Å². The van der Waals surface area contributed by atoms with Gasteiger partial charge < -0.3 is 15.2 Å². The Labute approximate surface area is 110 Å². The normalized spacial score (nSPS) is 14.1. The minimum absolute atomic E-state index is 0.210. The van der Waals surface area contributed by atoms with Crippen LogP contribution >= 0.6 is 0 Å². The zero-order valence-electron chi connectivity index (χ0n) is 11.9. The van der Waals surface area contributed by atoms with E-state index in [4.69, 9.17) is 15.2 Å². The first kappa shape index (κ1) is 14.8. The van der Waals surface area contributed by atoms with Gasteiger partial charge in [-0.15, -0.1) is 0 Å². The van der Waals surface area contributed by atoms with Crippen molar-refractivity contribution in [3.8, 4) is 11.5 Å². The Kier molecular flexibility index (Phi) is 5.99. The van der Waals surface area contributed by atoms with E-state index in [1.165, 1.54) is 5.56 Å². The summed E-state index contributed by atoms with van der Waals surface area (Å²) in [6, 6.07) is 6.37. The van der Waals surface area contributed by atoms with Crippen molar-refractivity contribution in [1.29, 1.82) is 0 Å². The highest BCUT2D eigenvalue weighted by atomic mass is 16.5. The fourth-order valence-corrected chi connectivity index (χ4v) is 2.07. The van der Waals surface area contributed by atoms with E-state index in [-0.39, 0.29) is 6.04 Å². The first-order valence-electron chi connectivity index (χ1n) is 6.73. The molecule has 0 amide bonds. The highest BCUT2D eigenvalue weighted by Gasteiger charge is 2.12. The van der Waals surface area contributed by atoms with Crippen molar-refractivity contribution in [3.63, 3.8) is 0 Å². The Bertz CT molecular complexity index is 364. The second-order valence-electron chi connectivity index (χ2n) is 4.69. The number of hydrogen-bond donors (Lipinski definition) is 1. The summed E-state index contributed by atoms with van der Waals surface area (Å²) < 4.78 is 11.2. The Hall–Kier alpha value is -1.22. The predicted molar refractivity (Wildman–Crippen MR) is 75.5 cm³/mol. The molecule has 0 saturated carbocycles. The predicted octanol–water partition coefficient (Wildman–Crippen LogP) is 3.32. The monoisotopic (exact) mass is 251 g/mol. The highest BCUT2D eigenvalue weighted by molar-refractivity contribution is 5.44. The molecule has 0 radical (unpaired) electrons. The Morgan fingerprint density at radius 2 is 1.67 bits per heavy atom. The van der Waals surface area contributed by atoms with Crippen molar-refractivity contribution in [2.45, 2.75) is 46.1 Å². The SMILES string of the molecule is CCOc1ccc(C(C)CC(C)N)cc1OCC. The number of ether oxygens (including phenoxy) is 2. The van der Waals surface area contributed by atoms with Gasteiger partial charge in [0.25, 0.3) is 0 Å². The average molecular weight is 251 g/mol. The molecule has 1 aromatic rings. The van der Waals surface area contributed by atoms with Crippen LogP contribution in [0.3, 0.4) is 0 Å². The molecule has 3 heteroatoms. The van der Waals surface area contributed by atoms with E-state index in [1.54, 1.807) is 0 Å². The third kappa shape index (κ3) is 4.22. The van der Waals surface area contributed by atoms with E-state index >= 15 is 0 Å². The van der Waals surface area contributed by atoms with E-state index in [0.717, 1.165) is 17.9 Å². The lowest BCUT2D eigenvalue weighted by molar-refractivity contribution is 0.287. The minimum atomic E-state index is 0.210. The number of nitrogens with two attached hydrogens (primary N) is 1. The van der Waals surface area contributed by atoms with E-state index in [2.05, 4.69) is 19.1 Å². The quantitative estimate of drug-likeness (QED) is 0.808. The molecule has 2 atom stereocenters. The molecule has 0 saturated heterocycles. The van der Waals surface area contributed by atoms with E-state index < -0.39 is 0 Å². The number of rotatable bonds is 7. The van der Waals surface area contributed by atoms with E-state index in [9.17, 15) is 0 Å². The van der Waals surface area contributed by atoms with E-state index in [0.29, 0.717) is 19.1 Å². The van der Waals surface area contributed by atoms with Gasteiger partial charge in [-0.25, -0.2) is 0 Å². The molecule has 1 aromatic carbocycles. The lowest BCUT2D eigenvalue weighted by atomic mass is 9.94. The third-order valence-electron chi connectivity index (χ3n) is 2.86. The van der Waals surface area contributed by atoms with Crippen LogP contribution in [0.25, 0.3) is 0 Å². The maximum Gasteiger partial charge on any atom is 0.161 e. The lowest BCUT2D eigenvalue weighted by Crippen LogP contribution is -2.17. The largest absolute Gasteiger partial charge is 0.490 e. The summed E-state index contributed by atoms with van der Waals surface area (Å²) in [4.78, 5) is 0. The van der Waals surface area contributed by atoms with Gasteiger partial charge in [0.2, 0.25) is 0 Å². The van der Waals surface area contributed by atoms with Gasteiger partial charge in [0, 0.05) is 6.04 Å². The molecule has 0 fully saturated rings. The van der Waals surface area contributed by atoms with Gasteiger partial charge in [0.15, 0.2) is 11.5 Å².